The third kappa shape index (κ3) is 3.66. The molecule has 0 saturated carbocycles. The second-order valence-corrected chi connectivity index (χ2v) is 8.91. The second-order valence-electron chi connectivity index (χ2n) is 8.91. The Morgan fingerprint density at radius 1 is 1.09 bits per heavy atom. The van der Waals surface area contributed by atoms with Gasteiger partial charge >= 0.3 is 0 Å². The Morgan fingerprint density at radius 2 is 1.97 bits per heavy atom. The van der Waals surface area contributed by atoms with E-state index in [1.807, 2.05) is 52.5 Å². The van der Waals surface area contributed by atoms with Crippen molar-refractivity contribution in [1.29, 1.82) is 0 Å². The van der Waals surface area contributed by atoms with Crippen LogP contribution in [0.25, 0.3) is 27.8 Å². The minimum absolute atomic E-state index is 0.115. The number of para-hydroxylation sites is 2. The van der Waals surface area contributed by atoms with Gasteiger partial charge in [0.1, 0.15) is 23.4 Å². The molecule has 0 aliphatic carbocycles. The molecule has 0 amide bonds. The first-order valence-corrected chi connectivity index (χ1v) is 12.0. The lowest BCUT2D eigenvalue weighted by Gasteiger charge is -2.31. The normalized spacial score (nSPS) is 16.4. The van der Waals surface area contributed by atoms with Crippen molar-refractivity contribution < 1.29 is 0 Å². The van der Waals surface area contributed by atoms with Crippen LogP contribution < -0.4 is 16.2 Å². The van der Waals surface area contributed by atoms with Crippen LogP contribution in [-0.2, 0) is 13.1 Å². The summed E-state index contributed by atoms with van der Waals surface area (Å²) in [7, 11) is 0. The molecule has 0 bridgehead atoms. The molecule has 10 nitrogen and oxygen atoms in total. The number of imidazole rings is 2. The molecule has 1 fully saturated rings. The molecular formula is C25H27N9O. The monoisotopic (exact) mass is 469 g/mol. The fraction of sp³-hybridized carbons (Fsp3) is 0.320. The van der Waals surface area contributed by atoms with Crippen LogP contribution in [0.3, 0.4) is 0 Å². The molecule has 35 heavy (non-hydrogen) atoms. The van der Waals surface area contributed by atoms with Crippen molar-refractivity contribution in [1.82, 2.24) is 33.9 Å². The average molecular weight is 470 g/mol. The molecule has 0 unspecified atom stereocenters. The highest BCUT2D eigenvalue weighted by molar-refractivity contribution is 5.78. The summed E-state index contributed by atoms with van der Waals surface area (Å²) in [4.78, 5) is 29.7. The highest BCUT2D eigenvalue weighted by Gasteiger charge is 2.24. The van der Waals surface area contributed by atoms with E-state index in [-0.39, 0.29) is 18.1 Å². The highest BCUT2D eigenvalue weighted by Crippen LogP contribution is 2.24. The lowest BCUT2D eigenvalue weighted by Crippen LogP contribution is -2.44. The van der Waals surface area contributed by atoms with Crippen LogP contribution in [-0.4, -0.2) is 53.0 Å². The van der Waals surface area contributed by atoms with Crippen molar-refractivity contribution in [2.24, 2.45) is 5.73 Å². The fourth-order valence-electron chi connectivity index (χ4n) is 5.01. The number of aryl methyl sites for hydroxylation is 1. The zero-order valence-electron chi connectivity index (χ0n) is 19.6. The summed E-state index contributed by atoms with van der Waals surface area (Å²) in [6.07, 6.45) is 7.23. The number of benzene rings is 1. The molecule has 178 valence electrons. The maximum absolute atomic E-state index is 13.7. The quantitative estimate of drug-likeness (QED) is 0.420. The van der Waals surface area contributed by atoms with Crippen LogP contribution in [0.5, 0.6) is 0 Å². The summed E-state index contributed by atoms with van der Waals surface area (Å²) < 4.78 is 5.48. The van der Waals surface area contributed by atoms with E-state index in [4.69, 9.17) is 15.7 Å². The number of rotatable bonds is 5. The molecule has 1 atom stereocenters. The zero-order chi connectivity index (χ0) is 23.9. The number of fused-ring (bicyclic) bond motifs is 2. The summed E-state index contributed by atoms with van der Waals surface area (Å²) >= 11 is 0. The minimum atomic E-state index is -0.186. The van der Waals surface area contributed by atoms with Gasteiger partial charge in [0.25, 0.3) is 5.56 Å². The van der Waals surface area contributed by atoms with Gasteiger partial charge in [0.15, 0.2) is 0 Å². The van der Waals surface area contributed by atoms with Crippen molar-refractivity contribution in [3.8, 4) is 5.69 Å². The van der Waals surface area contributed by atoms with Gasteiger partial charge in [-0.1, -0.05) is 12.1 Å². The Labute approximate surface area is 201 Å². The van der Waals surface area contributed by atoms with Crippen LogP contribution in [0.1, 0.15) is 25.6 Å². The molecule has 1 saturated heterocycles. The molecular weight excluding hydrogens is 442 g/mol. The van der Waals surface area contributed by atoms with Crippen molar-refractivity contribution in [3.63, 3.8) is 0 Å². The highest BCUT2D eigenvalue weighted by atomic mass is 16.1. The number of hydrogen-bond donors (Lipinski definition) is 1. The van der Waals surface area contributed by atoms with E-state index in [0.717, 1.165) is 48.6 Å². The maximum atomic E-state index is 13.7. The summed E-state index contributed by atoms with van der Waals surface area (Å²) in [5.74, 6) is 1.50. The van der Waals surface area contributed by atoms with E-state index >= 15 is 0 Å². The van der Waals surface area contributed by atoms with Gasteiger partial charge in [-0.3, -0.25) is 14.3 Å². The van der Waals surface area contributed by atoms with Crippen LogP contribution in [0, 0.1) is 0 Å². The number of hydrogen-bond acceptors (Lipinski definition) is 7. The van der Waals surface area contributed by atoms with Crippen LogP contribution in [0.4, 0.5) is 5.95 Å². The SMILES string of the molecule is CCn1c(N2CCC[C@@H](N)C2)nc2cnn(Cc3nc4ccccc4n3-c3cccnc3)c(=O)c21. The molecule has 2 N–H and O–H groups in total. The maximum Gasteiger partial charge on any atom is 0.293 e. The van der Waals surface area contributed by atoms with Gasteiger partial charge in [0.05, 0.1) is 29.1 Å². The molecule has 5 heterocycles. The van der Waals surface area contributed by atoms with Gasteiger partial charge in [-0.15, -0.1) is 0 Å². The topological polar surface area (TPSA) is 113 Å². The van der Waals surface area contributed by atoms with Gasteiger partial charge in [0, 0.05) is 31.9 Å². The molecule has 5 aromatic rings. The van der Waals surface area contributed by atoms with Gasteiger partial charge in [-0.2, -0.15) is 5.10 Å². The van der Waals surface area contributed by atoms with E-state index in [1.54, 1.807) is 18.6 Å². The van der Waals surface area contributed by atoms with E-state index in [2.05, 4.69) is 15.0 Å². The van der Waals surface area contributed by atoms with Gasteiger partial charge < -0.3 is 15.2 Å². The minimum Gasteiger partial charge on any atom is -0.341 e. The molecule has 6 rings (SSSR count). The van der Waals surface area contributed by atoms with Crippen LogP contribution >= 0.6 is 0 Å². The van der Waals surface area contributed by atoms with Crippen molar-refractivity contribution in [2.45, 2.75) is 38.9 Å². The van der Waals surface area contributed by atoms with Gasteiger partial charge in [-0.25, -0.2) is 14.6 Å². The summed E-state index contributed by atoms with van der Waals surface area (Å²) in [5.41, 5.74) is 9.86. The average Bonchev–Trinajstić information content (AvgIpc) is 3.44. The Balaban J connectivity index is 1.46. The van der Waals surface area contributed by atoms with Crippen molar-refractivity contribution >= 4 is 28.0 Å². The Kier molecular flexibility index (Phi) is 5.29. The van der Waals surface area contributed by atoms with Crippen molar-refractivity contribution in [3.05, 3.63) is 71.2 Å². The smallest absolute Gasteiger partial charge is 0.293 e. The van der Waals surface area contributed by atoms with E-state index in [0.29, 0.717) is 23.4 Å². The number of nitrogens with zero attached hydrogens (tertiary/aromatic N) is 8. The summed E-state index contributed by atoms with van der Waals surface area (Å²) in [5, 5.41) is 4.47. The lowest BCUT2D eigenvalue weighted by molar-refractivity contribution is 0.494. The third-order valence-corrected chi connectivity index (χ3v) is 6.61. The van der Waals surface area contributed by atoms with E-state index < -0.39 is 0 Å². The van der Waals surface area contributed by atoms with Gasteiger partial charge in [-0.05, 0) is 44.0 Å². The number of nitrogens with two attached hydrogens (primary N) is 1. The van der Waals surface area contributed by atoms with E-state index in [1.165, 1.54) is 4.68 Å². The molecule has 10 heteroatoms. The number of aromatic nitrogens is 7. The predicted molar refractivity (Wildman–Crippen MR) is 135 cm³/mol. The summed E-state index contributed by atoms with van der Waals surface area (Å²) in [6, 6.07) is 11.9. The summed E-state index contributed by atoms with van der Waals surface area (Å²) in [6.45, 7) is 4.50. The van der Waals surface area contributed by atoms with Crippen molar-refractivity contribution in [2.75, 3.05) is 18.0 Å². The van der Waals surface area contributed by atoms with Gasteiger partial charge in [0.2, 0.25) is 5.95 Å². The molecule has 1 aliphatic heterocycles. The lowest BCUT2D eigenvalue weighted by atomic mass is 10.1. The molecule has 0 spiro atoms. The van der Waals surface area contributed by atoms with Crippen LogP contribution in [0.2, 0.25) is 0 Å². The zero-order valence-corrected chi connectivity index (χ0v) is 19.6. The van der Waals surface area contributed by atoms with E-state index in [9.17, 15) is 4.79 Å². The fourth-order valence-corrected chi connectivity index (χ4v) is 5.01. The Bertz CT molecular complexity index is 1570. The standard InChI is InChI=1S/C25H27N9O/c1-2-32-23-20(30-25(32)31-12-6-7-17(26)15-31)14-28-33(24(23)35)16-22-29-19-9-3-4-10-21(19)34(22)18-8-5-11-27-13-18/h3-5,8-11,13-14,17H,2,6-7,12,15-16,26H2,1H3/t17-/m1/s1. The number of anilines is 1. The largest absolute Gasteiger partial charge is 0.341 e. The number of piperidine rings is 1. The number of pyridine rings is 1. The predicted octanol–water partition coefficient (Wildman–Crippen LogP) is 2.32. The molecule has 4 aromatic heterocycles. The first-order valence-electron chi connectivity index (χ1n) is 12.0. The van der Waals surface area contributed by atoms with Crippen LogP contribution in [0.15, 0.2) is 59.8 Å². The Morgan fingerprint density at radius 3 is 2.77 bits per heavy atom. The molecule has 1 aliphatic rings. The first-order chi connectivity index (χ1) is 17.1. The second kappa shape index (κ2) is 8.62. The third-order valence-electron chi connectivity index (χ3n) is 6.61. The first kappa shape index (κ1) is 21.5. The molecule has 0 radical (unpaired) electrons. The Hall–Kier alpha value is -4.05. The molecule has 1 aromatic carbocycles.